The topological polar surface area (TPSA) is 89.2 Å². The van der Waals surface area contributed by atoms with Crippen molar-refractivity contribution < 1.29 is 17.2 Å². The first kappa shape index (κ1) is 17.7. The van der Waals surface area contributed by atoms with Gasteiger partial charge in [-0.1, -0.05) is 0 Å². The minimum atomic E-state index is -3.68. The first-order valence-corrected chi connectivity index (χ1v) is 9.89. The van der Waals surface area contributed by atoms with Crippen LogP contribution in [0.3, 0.4) is 0 Å². The molecule has 1 aromatic carbocycles. The molecule has 1 aliphatic rings. The summed E-state index contributed by atoms with van der Waals surface area (Å²) < 4.78 is 45.6. The van der Waals surface area contributed by atoms with Crippen LogP contribution in [0.5, 0.6) is 0 Å². The predicted molar refractivity (Wildman–Crippen MR) is 94.8 cm³/mol. The minimum absolute atomic E-state index is 0.0708. The number of pyridine rings is 1. The van der Waals surface area contributed by atoms with Gasteiger partial charge in [-0.15, -0.1) is 10.2 Å². The van der Waals surface area contributed by atoms with Crippen molar-refractivity contribution in [2.75, 3.05) is 13.1 Å². The standard InChI is InChI=1S/C18H17FN4O3S/c1-12-2-3-13(10-20-12)17-21-22-18(26-17)14-8-9-23(11-14)27(24,25)16-6-4-15(19)5-7-16/h2-7,10,14H,8-9,11H2,1H3/t14-/m1/s1. The molecular formula is C18H17FN4O3S. The van der Waals surface area contributed by atoms with Crippen LogP contribution in [0.1, 0.15) is 23.9 Å². The molecule has 0 amide bonds. The van der Waals surface area contributed by atoms with Crippen molar-refractivity contribution in [2.24, 2.45) is 0 Å². The summed E-state index contributed by atoms with van der Waals surface area (Å²) in [6.07, 6.45) is 2.24. The molecule has 9 heteroatoms. The fraction of sp³-hybridized carbons (Fsp3) is 0.278. The summed E-state index contributed by atoms with van der Waals surface area (Å²) in [6, 6.07) is 8.52. The van der Waals surface area contributed by atoms with Crippen LogP contribution in [-0.4, -0.2) is 41.0 Å². The smallest absolute Gasteiger partial charge is 0.249 e. The van der Waals surface area contributed by atoms with Crippen molar-refractivity contribution in [2.45, 2.75) is 24.2 Å². The highest BCUT2D eigenvalue weighted by atomic mass is 32.2. The molecule has 0 radical (unpaired) electrons. The van der Waals surface area contributed by atoms with Gasteiger partial charge in [-0.05, 0) is 49.7 Å². The molecule has 4 rings (SSSR count). The molecule has 0 N–H and O–H groups in total. The Labute approximate surface area is 155 Å². The second-order valence-electron chi connectivity index (χ2n) is 6.44. The van der Waals surface area contributed by atoms with E-state index in [0.717, 1.165) is 17.8 Å². The molecule has 3 aromatic rings. The Morgan fingerprint density at radius 3 is 2.63 bits per heavy atom. The number of aryl methyl sites for hydroxylation is 1. The monoisotopic (exact) mass is 388 g/mol. The molecule has 2 aromatic heterocycles. The van der Waals surface area contributed by atoms with Crippen LogP contribution in [0.2, 0.25) is 0 Å². The number of aromatic nitrogens is 3. The molecule has 1 fully saturated rings. The minimum Gasteiger partial charge on any atom is -0.420 e. The van der Waals surface area contributed by atoms with Crippen LogP contribution < -0.4 is 0 Å². The van der Waals surface area contributed by atoms with Gasteiger partial charge in [0.2, 0.25) is 21.8 Å². The number of sulfonamides is 1. The molecule has 0 bridgehead atoms. The van der Waals surface area contributed by atoms with Crippen molar-refractivity contribution in [3.05, 3.63) is 60.0 Å². The van der Waals surface area contributed by atoms with Crippen LogP contribution in [-0.2, 0) is 10.0 Å². The zero-order valence-electron chi connectivity index (χ0n) is 14.5. The zero-order chi connectivity index (χ0) is 19.0. The number of hydrogen-bond acceptors (Lipinski definition) is 6. The first-order chi connectivity index (χ1) is 12.9. The molecular weight excluding hydrogens is 371 g/mol. The third kappa shape index (κ3) is 3.47. The molecule has 1 saturated heterocycles. The van der Waals surface area contributed by atoms with Gasteiger partial charge in [-0.3, -0.25) is 4.98 Å². The SMILES string of the molecule is Cc1ccc(-c2nnc([C@@H]3CCN(S(=O)(=O)c4ccc(F)cc4)C3)o2)cn1. The predicted octanol–water partition coefficient (Wildman–Crippen LogP) is 2.76. The second-order valence-corrected chi connectivity index (χ2v) is 8.37. The van der Waals surface area contributed by atoms with E-state index in [2.05, 4.69) is 15.2 Å². The van der Waals surface area contributed by atoms with Gasteiger partial charge in [0.1, 0.15) is 5.82 Å². The lowest BCUT2D eigenvalue weighted by atomic mass is 10.1. The highest BCUT2D eigenvalue weighted by Gasteiger charge is 2.35. The maximum absolute atomic E-state index is 13.1. The molecule has 1 aliphatic heterocycles. The quantitative estimate of drug-likeness (QED) is 0.683. The molecule has 7 nitrogen and oxygen atoms in total. The van der Waals surface area contributed by atoms with Gasteiger partial charge in [0, 0.05) is 25.0 Å². The molecule has 0 spiro atoms. The second kappa shape index (κ2) is 6.82. The van der Waals surface area contributed by atoms with Crippen molar-refractivity contribution in [1.29, 1.82) is 0 Å². The van der Waals surface area contributed by atoms with Crippen molar-refractivity contribution in [3.63, 3.8) is 0 Å². The van der Waals surface area contributed by atoms with Gasteiger partial charge in [-0.2, -0.15) is 4.31 Å². The third-order valence-corrected chi connectivity index (χ3v) is 6.43. The number of halogens is 1. The Bertz CT molecular complexity index is 1050. The van der Waals surface area contributed by atoms with Crippen molar-refractivity contribution in [1.82, 2.24) is 19.5 Å². The molecule has 1 atom stereocenters. The fourth-order valence-electron chi connectivity index (χ4n) is 3.01. The summed E-state index contributed by atoms with van der Waals surface area (Å²) >= 11 is 0. The van der Waals surface area contributed by atoms with E-state index >= 15 is 0 Å². The van der Waals surface area contributed by atoms with E-state index in [1.165, 1.54) is 16.4 Å². The van der Waals surface area contributed by atoms with Gasteiger partial charge < -0.3 is 4.42 Å². The van der Waals surface area contributed by atoms with Gasteiger partial charge in [0.05, 0.1) is 16.4 Å². The van der Waals surface area contributed by atoms with Gasteiger partial charge in [0.25, 0.3) is 0 Å². The van der Waals surface area contributed by atoms with E-state index in [1.54, 1.807) is 6.20 Å². The third-order valence-electron chi connectivity index (χ3n) is 4.55. The lowest BCUT2D eigenvalue weighted by molar-refractivity contribution is 0.440. The van der Waals surface area contributed by atoms with Gasteiger partial charge >= 0.3 is 0 Å². The summed E-state index contributed by atoms with van der Waals surface area (Å²) in [5.41, 5.74) is 1.60. The van der Waals surface area contributed by atoms with Crippen LogP contribution in [0, 0.1) is 12.7 Å². The van der Waals surface area contributed by atoms with E-state index in [0.29, 0.717) is 30.3 Å². The number of benzene rings is 1. The van der Waals surface area contributed by atoms with Crippen LogP contribution >= 0.6 is 0 Å². The molecule has 27 heavy (non-hydrogen) atoms. The zero-order valence-corrected chi connectivity index (χ0v) is 15.4. The van der Waals surface area contributed by atoms with Gasteiger partial charge in [0.15, 0.2) is 0 Å². The normalized spacial score (nSPS) is 18.1. The molecule has 0 aliphatic carbocycles. The Kier molecular flexibility index (Phi) is 4.48. The lowest BCUT2D eigenvalue weighted by Crippen LogP contribution is -2.28. The van der Waals surface area contributed by atoms with Crippen molar-refractivity contribution >= 4 is 10.0 Å². The highest BCUT2D eigenvalue weighted by Crippen LogP contribution is 2.31. The maximum atomic E-state index is 13.1. The van der Waals surface area contributed by atoms with E-state index in [9.17, 15) is 12.8 Å². The Hall–Kier alpha value is -2.65. The number of hydrogen-bond donors (Lipinski definition) is 0. The first-order valence-electron chi connectivity index (χ1n) is 8.45. The van der Waals surface area contributed by atoms with E-state index < -0.39 is 15.8 Å². The summed E-state index contributed by atoms with van der Waals surface area (Å²) in [6.45, 7) is 2.47. The number of rotatable bonds is 4. The highest BCUT2D eigenvalue weighted by molar-refractivity contribution is 7.89. The largest absolute Gasteiger partial charge is 0.420 e. The van der Waals surface area contributed by atoms with E-state index in [-0.39, 0.29) is 17.4 Å². The van der Waals surface area contributed by atoms with Crippen LogP contribution in [0.25, 0.3) is 11.5 Å². The molecule has 0 saturated carbocycles. The Morgan fingerprint density at radius 1 is 1.15 bits per heavy atom. The Morgan fingerprint density at radius 2 is 1.93 bits per heavy atom. The Balaban J connectivity index is 1.51. The summed E-state index contributed by atoms with van der Waals surface area (Å²) in [7, 11) is -3.68. The lowest BCUT2D eigenvalue weighted by Gasteiger charge is -2.15. The molecule has 140 valence electrons. The summed E-state index contributed by atoms with van der Waals surface area (Å²) in [5.74, 6) is 0.108. The average molecular weight is 388 g/mol. The molecule has 3 heterocycles. The van der Waals surface area contributed by atoms with Crippen LogP contribution in [0.4, 0.5) is 4.39 Å². The fourth-order valence-corrected chi connectivity index (χ4v) is 4.51. The van der Waals surface area contributed by atoms with Crippen LogP contribution in [0.15, 0.2) is 51.9 Å². The summed E-state index contributed by atoms with van der Waals surface area (Å²) in [4.78, 5) is 4.28. The van der Waals surface area contributed by atoms with E-state index in [1.807, 2.05) is 19.1 Å². The molecule has 0 unspecified atom stereocenters. The number of nitrogens with zero attached hydrogens (tertiary/aromatic N) is 4. The maximum Gasteiger partial charge on any atom is 0.249 e. The van der Waals surface area contributed by atoms with Crippen molar-refractivity contribution in [3.8, 4) is 11.5 Å². The average Bonchev–Trinajstić information content (AvgIpc) is 3.32. The summed E-state index contributed by atoms with van der Waals surface area (Å²) in [5, 5.41) is 8.13. The van der Waals surface area contributed by atoms with E-state index in [4.69, 9.17) is 4.42 Å². The van der Waals surface area contributed by atoms with Gasteiger partial charge in [-0.25, -0.2) is 12.8 Å².